The Labute approximate surface area is 149 Å². The molecule has 0 aliphatic heterocycles. The van der Waals surface area contributed by atoms with Crippen LogP contribution < -0.4 is 4.74 Å². The predicted octanol–water partition coefficient (Wildman–Crippen LogP) is 4.94. The molecule has 4 heteroatoms. The molecule has 130 valence electrons. The molecule has 0 atom stereocenters. The zero-order valence-electron chi connectivity index (χ0n) is 15.2. The van der Waals surface area contributed by atoms with Crippen molar-refractivity contribution in [3.8, 4) is 11.8 Å². The Balaban J connectivity index is 2.13. The smallest absolute Gasteiger partial charge is 0.143 e. The molecule has 25 heavy (non-hydrogen) atoms. The van der Waals surface area contributed by atoms with Gasteiger partial charge in [0, 0.05) is 5.56 Å². The van der Waals surface area contributed by atoms with E-state index in [9.17, 15) is 0 Å². The maximum atomic E-state index is 9.09. The quantitative estimate of drug-likeness (QED) is 0.531. The van der Waals surface area contributed by atoms with Gasteiger partial charge >= 0.3 is 0 Å². The number of ether oxygens (including phenoxy) is 1. The van der Waals surface area contributed by atoms with Gasteiger partial charge in [-0.1, -0.05) is 37.2 Å². The van der Waals surface area contributed by atoms with Crippen molar-refractivity contribution >= 4 is 6.21 Å². The highest BCUT2D eigenvalue weighted by Crippen LogP contribution is 2.29. The average molecular weight is 336 g/mol. The van der Waals surface area contributed by atoms with Crippen LogP contribution in [0.1, 0.15) is 54.5 Å². The van der Waals surface area contributed by atoms with Crippen LogP contribution in [-0.4, -0.2) is 12.8 Å². The number of aryl methyl sites for hydroxylation is 1. The molecule has 0 aromatic heterocycles. The molecule has 0 saturated heterocycles. The fourth-order valence-electron chi connectivity index (χ4n) is 2.54. The van der Waals surface area contributed by atoms with E-state index >= 15 is 0 Å². The minimum absolute atomic E-state index is 0.271. The van der Waals surface area contributed by atoms with Gasteiger partial charge in [-0.3, -0.25) is 0 Å². The lowest BCUT2D eigenvalue weighted by molar-refractivity contribution is 0.132. The van der Waals surface area contributed by atoms with E-state index in [0.717, 1.165) is 28.0 Å². The Morgan fingerprint density at radius 2 is 2.00 bits per heavy atom. The SMILES string of the molecule is CCOc1cc(C)c(/C=N\OCc2ccccc2C#N)cc1C(C)C. The van der Waals surface area contributed by atoms with Crippen molar-refractivity contribution in [2.75, 3.05) is 6.61 Å². The summed E-state index contributed by atoms with van der Waals surface area (Å²) in [7, 11) is 0. The molecule has 0 amide bonds. The van der Waals surface area contributed by atoms with Crippen LogP contribution in [0, 0.1) is 18.3 Å². The fraction of sp³-hybridized carbons (Fsp3) is 0.333. The summed E-state index contributed by atoms with van der Waals surface area (Å²) in [6.45, 7) is 9.22. The Kier molecular flexibility index (Phi) is 6.59. The highest BCUT2D eigenvalue weighted by atomic mass is 16.6. The second kappa shape index (κ2) is 8.89. The van der Waals surface area contributed by atoms with Crippen molar-refractivity contribution < 1.29 is 9.57 Å². The Hall–Kier alpha value is -2.80. The van der Waals surface area contributed by atoms with E-state index in [0.29, 0.717) is 18.1 Å². The van der Waals surface area contributed by atoms with Crippen molar-refractivity contribution in [3.63, 3.8) is 0 Å². The number of benzene rings is 2. The van der Waals surface area contributed by atoms with Gasteiger partial charge in [-0.15, -0.1) is 0 Å². The van der Waals surface area contributed by atoms with E-state index < -0.39 is 0 Å². The minimum atomic E-state index is 0.271. The molecule has 2 aromatic rings. The van der Waals surface area contributed by atoms with Crippen molar-refractivity contribution in [2.45, 2.75) is 40.2 Å². The molecule has 2 rings (SSSR count). The van der Waals surface area contributed by atoms with Gasteiger partial charge in [-0.25, -0.2) is 0 Å². The lowest BCUT2D eigenvalue weighted by Gasteiger charge is -2.15. The predicted molar refractivity (Wildman–Crippen MR) is 100.0 cm³/mol. The van der Waals surface area contributed by atoms with Gasteiger partial charge in [0.1, 0.15) is 12.4 Å². The fourth-order valence-corrected chi connectivity index (χ4v) is 2.54. The molecule has 0 radical (unpaired) electrons. The van der Waals surface area contributed by atoms with Gasteiger partial charge in [-0.05, 0) is 54.7 Å². The average Bonchev–Trinajstić information content (AvgIpc) is 2.60. The van der Waals surface area contributed by atoms with E-state index in [1.54, 1.807) is 12.3 Å². The van der Waals surface area contributed by atoms with Crippen molar-refractivity contribution in [2.24, 2.45) is 5.16 Å². The lowest BCUT2D eigenvalue weighted by Crippen LogP contribution is -2.01. The second-order valence-electron chi connectivity index (χ2n) is 6.11. The molecule has 2 aromatic carbocycles. The van der Waals surface area contributed by atoms with Crippen LogP contribution >= 0.6 is 0 Å². The summed E-state index contributed by atoms with van der Waals surface area (Å²) in [5.74, 6) is 1.29. The topological polar surface area (TPSA) is 54.6 Å². The Morgan fingerprint density at radius 3 is 2.68 bits per heavy atom. The van der Waals surface area contributed by atoms with Crippen LogP contribution in [0.2, 0.25) is 0 Å². The number of hydrogen-bond acceptors (Lipinski definition) is 4. The highest BCUT2D eigenvalue weighted by Gasteiger charge is 2.11. The molecule has 0 spiro atoms. The third-order valence-electron chi connectivity index (χ3n) is 3.94. The summed E-state index contributed by atoms with van der Waals surface area (Å²) in [6.07, 6.45) is 1.71. The van der Waals surface area contributed by atoms with Crippen LogP contribution in [-0.2, 0) is 11.4 Å². The molecule has 4 nitrogen and oxygen atoms in total. The number of nitriles is 1. The van der Waals surface area contributed by atoms with Gasteiger partial charge in [0.15, 0.2) is 0 Å². The molecule has 0 aliphatic rings. The van der Waals surface area contributed by atoms with Crippen molar-refractivity contribution in [3.05, 3.63) is 64.2 Å². The maximum Gasteiger partial charge on any atom is 0.143 e. The number of rotatable bonds is 7. The zero-order valence-corrected chi connectivity index (χ0v) is 15.2. The normalized spacial score (nSPS) is 10.9. The summed E-state index contributed by atoms with van der Waals surface area (Å²) in [6, 6.07) is 13.7. The molecule has 0 N–H and O–H groups in total. The maximum absolute atomic E-state index is 9.09. The van der Waals surface area contributed by atoms with Gasteiger partial charge in [0.05, 0.1) is 24.5 Å². The molecular weight excluding hydrogens is 312 g/mol. The lowest BCUT2D eigenvalue weighted by atomic mass is 9.97. The van der Waals surface area contributed by atoms with Crippen molar-refractivity contribution in [1.29, 1.82) is 5.26 Å². The van der Waals surface area contributed by atoms with Crippen LogP contribution in [0.15, 0.2) is 41.6 Å². The summed E-state index contributed by atoms with van der Waals surface area (Å²) >= 11 is 0. The number of hydrogen-bond donors (Lipinski definition) is 0. The summed E-state index contributed by atoms with van der Waals surface area (Å²) in [4.78, 5) is 5.39. The summed E-state index contributed by atoms with van der Waals surface area (Å²) < 4.78 is 5.74. The van der Waals surface area contributed by atoms with E-state index in [1.165, 1.54) is 0 Å². The first-order valence-corrected chi connectivity index (χ1v) is 8.47. The first kappa shape index (κ1) is 18.5. The molecule has 0 saturated carbocycles. The molecule has 0 bridgehead atoms. The highest BCUT2D eigenvalue weighted by molar-refractivity contribution is 5.82. The van der Waals surface area contributed by atoms with Crippen LogP contribution in [0.25, 0.3) is 0 Å². The third kappa shape index (κ3) is 4.84. The molecule has 0 aliphatic carbocycles. The standard InChI is InChI=1S/C21H24N2O2/c1-5-24-21-10-16(4)19(11-20(21)15(2)3)13-23-25-14-18-9-7-6-8-17(18)12-22/h6-11,13,15H,5,14H2,1-4H3/b23-13-. The second-order valence-corrected chi connectivity index (χ2v) is 6.11. The first-order valence-electron chi connectivity index (χ1n) is 8.47. The molecule has 0 unspecified atom stereocenters. The van der Waals surface area contributed by atoms with Gasteiger partial charge in [0.25, 0.3) is 0 Å². The zero-order chi connectivity index (χ0) is 18.2. The number of oxime groups is 1. The largest absolute Gasteiger partial charge is 0.494 e. The summed E-state index contributed by atoms with van der Waals surface area (Å²) in [5.41, 5.74) is 4.67. The molecule has 0 heterocycles. The van der Waals surface area contributed by atoms with E-state index in [2.05, 4.69) is 31.1 Å². The number of nitrogens with zero attached hydrogens (tertiary/aromatic N) is 2. The Morgan fingerprint density at radius 1 is 1.24 bits per heavy atom. The van der Waals surface area contributed by atoms with Gasteiger partial charge < -0.3 is 9.57 Å². The van der Waals surface area contributed by atoms with Gasteiger partial charge in [-0.2, -0.15) is 5.26 Å². The van der Waals surface area contributed by atoms with Crippen molar-refractivity contribution in [1.82, 2.24) is 0 Å². The van der Waals surface area contributed by atoms with E-state index in [1.807, 2.05) is 38.1 Å². The third-order valence-corrected chi connectivity index (χ3v) is 3.94. The summed E-state index contributed by atoms with van der Waals surface area (Å²) in [5, 5.41) is 13.2. The molecule has 0 fully saturated rings. The van der Waals surface area contributed by atoms with E-state index in [-0.39, 0.29) is 6.61 Å². The van der Waals surface area contributed by atoms with Crippen LogP contribution in [0.5, 0.6) is 5.75 Å². The van der Waals surface area contributed by atoms with Gasteiger partial charge in [0.2, 0.25) is 0 Å². The monoisotopic (exact) mass is 336 g/mol. The van der Waals surface area contributed by atoms with E-state index in [4.69, 9.17) is 14.8 Å². The minimum Gasteiger partial charge on any atom is -0.494 e. The van der Waals surface area contributed by atoms with Crippen LogP contribution in [0.4, 0.5) is 0 Å². The Bertz CT molecular complexity index is 789. The first-order chi connectivity index (χ1) is 12.1. The molecular formula is C21H24N2O2. The van der Waals surface area contributed by atoms with Crippen LogP contribution in [0.3, 0.4) is 0 Å².